The number of carbonyl (C=O) groups is 1. The summed E-state index contributed by atoms with van der Waals surface area (Å²) in [6.07, 6.45) is 4.04. The predicted octanol–water partition coefficient (Wildman–Crippen LogP) is 4.22. The molecule has 0 heterocycles. The van der Waals surface area contributed by atoms with Gasteiger partial charge in [-0.15, -0.1) is 11.8 Å². The largest absolute Gasteiger partial charge is 0.331 e. The maximum Gasteiger partial charge on any atom is 0.319 e. The van der Waals surface area contributed by atoms with Gasteiger partial charge in [-0.05, 0) is 54.5 Å². The molecule has 1 atom stereocenters. The van der Waals surface area contributed by atoms with E-state index in [-0.39, 0.29) is 12.1 Å². The number of aryl methyl sites for hydroxylation is 1. The molecule has 0 fully saturated rings. The van der Waals surface area contributed by atoms with Gasteiger partial charge >= 0.3 is 6.03 Å². The minimum absolute atomic E-state index is 0.117. The first kappa shape index (κ1) is 14.0. The molecule has 2 N–H and O–H groups in total. The number of benzene rings is 2. The van der Waals surface area contributed by atoms with E-state index >= 15 is 0 Å². The molecular weight excluding hydrogens is 280 g/mol. The normalized spacial score (nSPS) is 16.3. The summed E-state index contributed by atoms with van der Waals surface area (Å²) in [7, 11) is 0. The number of thioether (sulfide) groups is 1. The second-order valence-electron chi connectivity index (χ2n) is 5.12. The second-order valence-corrected chi connectivity index (χ2v) is 6.00. The van der Waals surface area contributed by atoms with E-state index in [1.165, 1.54) is 16.0 Å². The Kier molecular flexibility index (Phi) is 4.15. The number of rotatable bonds is 3. The highest BCUT2D eigenvalue weighted by Gasteiger charge is 2.23. The summed E-state index contributed by atoms with van der Waals surface area (Å²) in [5.41, 5.74) is 3.40. The lowest BCUT2D eigenvalue weighted by atomic mass is 10.1. The van der Waals surface area contributed by atoms with E-state index in [0.29, 0.717) is 0 Å². The molecule has 0 spiro atoms. The Labute approximate surface area is 129 Å². The van der Waals surface area contributed by atoms with E-state index in [1.807, 2.05) is 36.6 Å². The molecule has 0 bridgehead atoms. The van der Waals surface area contributed by atoms with Gasteiger partial charge in [-0.2, -0.15) is 0 Å². The molecule has 0 saturated carbocycles. The van der Waals surface area contributed by atoms with Crippen molar-refractivity contribution in [2.45, 2.75) is 23.8 Å². The molecule has 0 saturated heterocycles. The molecule has 1 unspecified atom stereocenters. The lowest BCUT2D eigenvalue weighted by Crippen LogP contribution is -2.31. The quantitative estimate of drug-likeness (QED) is 0.833. The van der Waals surface area contributed by atoms with Gasteiger partial charge in [-0.25, -0.2) is 4.79 Å². The Morgan fingerprint density at radius 1 is 1.14 bits per heavy atom. The standard InChI is InChI=1S/C17H18N2OS/c1-21-14-9-7-13(8-10-14)18-17(20)19-16-11-6-12-4-2-3-5-15(12)16/h2-5,7-10,16H,6,11H2,1H3,(H2,18,19,20). The molecule has 2 aromatic rings. The zero-order chi connectivity index (χ0) is 14.7. The van der Waals surface area contributed by atoms with E-state index in [1.54, 1.807) is 11.8 Å². The molecule has 0 aliphatic heterocycles. The summed E-state index contributed by atoms with van der Waals surface area (Å²) in [6.45, 7) is 0. The van der Waals surface area contributed by atoms with Crippen LogP contribution in [0, 0.1) is 0 Å². The monoisotopic (exact) mass is 298 g/mol. The predicted molar refractivity (Wildman–Crippen MR) is 87.9 cm³/mol. The highest BCUT2D eigenvalue weighted by Crippen LogP contribution is 2.30. The van der Waals surface area contributed by atoms with Gasteiger partial charge in [0.15, 0.2) is 0 Å². The van der Waals surface area contributed by atoms with Crippen LogP contribution in [-0.2, 0) is 6.42 Å². The Morgan fingerprint density at radius 2 is 1.90 bits per heavy atom. The minimum Gasteiger partial charge on any atom is -0.331 e. The zero-order valence-corrected chi connectivity index (χ0v) is 12.7. The van der Waals surface area contributed by atoms with Crippen molar-refractivity contribution in [3.63, 3.8) is 0 Å². The van der Waals surface area contributed by atoms with E-state index in [0.717, 1.165) is 18.5 Å². The third-order valence-corrected chi connectivity index (χ3v) is 4.53. The Morgan fingerprint density at radius 3 is 2.67 bits per heavy atom. The highest BCUT2D eigenvalue weighted by atomic mass is 32.2. The number of hydrogen-bond donors (Lipinski definition) is 2. The van der Waals surface area contributed by atoms with Crippen LogP contribution in [0.15, 0.2) is 53.4 Å². The molecule has 2 amide bonds. The van der Waals surface area contributed by atoms with Gasteiger partial charge in [-0.1, -0.05) is 24.3 Å². The molecule has 21 heavy (non-hydrogen) atoms. The van der Waals surface area contributed by atoms with Crippen molar-refractivity contribution in [2.24, 2.45) is 0 Å². The van der Waals surface area contributed by atoms with Crippen molar-refractivity contribution in [3.05, 3.63) is 59.7 Å². The SMILES string of the molecule is CSc1ccc(NC(=O)NC2CCc3ccccc32)cc1. The summed E-state index contributed by atoms with van der Waals surface area (Å²) in [5.74, 6) is 0. The number of carbonyl (C=O) groups excluding carboxylic acids is 1. The first-order valence-electron chi connectivity index (χ1n) is 7.05. The van der Waals surface area contributed by atoms with Crippen LogP contribution in [0.5, 0.6) is 0 Å². The van der Waals surface area contributed by atoms with Gasteiger partial charge in [-0.3, -0.25) is 0 Å². The molecule has 3 nitrogen and oxygen atoms in total. The number of fused-ring (bicyclic) bond motifs is 1. The molecule has 2 aromatic carbocycles. The second kappa shape index (κ2) is 6.22. The van der Waals surface area contributed by atoms with Crippen molar-refractivity contribution in [3.8, 4) is 0 Å². The van der Waals surface area contributed by atoms with Crippen LogP contribution in [0.1, 0.15) is 23.6 Å². The smallest absolute Gasteiger partial charge is 0.319 e. The van der Waals surface area contributed by atoms with Gasteiger partial charge in [0.1, 0.15) is 0 Å². The highest BCUT2D eigenvalue weighted by molar-refractivity contribution is 7.98. The van der Waals surface area contributed by atoms with Crippen molar-refractivity contribution < 1.29 is 4.79 Å². The Balaban J connectivity index is 1.62. The Bertz CT molecular complexity index is 639. The van der Waals surface area contributed by atoms with Crippen LogP contribution in [0.25, 0.3) is 0 Å². The fourth-order valence-corrected chi connectivity index (χ4v) is 3.12. The molecule has 0 aromatic heterocycles. The van der Waals surface area contributed by atoms with Gasteiger partial charge < -0.3 is 10.6 Å². The van der Waals surface area contributed by atoms with E-state index < -0.39 is 0 Å². The van der Waals surface area contributed by atoms with Crippen LogP contribution in [-0.4, -0.2) is 12.3 Å². The number of amides is 2. The zero-order valence-electron chi connectivity index (χ0n) is 11.9. The van der Waals surface area contributed by atoms with Gasteiger partial charge in [0.25, 0.3) is 0 Å². The van der Waals surface area contributed by atoms with Crippen molar-refractivity contribution in [1.82, 2.24) is 5.32 Å². The third-order valence-electron chi connectivity index (χ3n) is 3.79. The van der Waals surface area contributed by atoms with Crippen molar-refractivity contribution in [2.75, 3.05) is 11.6 Å². The summed E-state index contributed by atoms with van der Waals surface area (Å²) in [5, 5.41) is 5.95. The van der Waals surface area contributed by atoms with Gasteiger partial charge in [0.2, 0.25) is 0 Å². The van der Waals surface area contributed by atoms with Crippen molar-refractivity contribution in [1.29, 1.82) is 0 Å². The lowest BCUT2D eigenvalue weighted by Gasteiger charge is -2.15. The lowest BCUT2D eigenvalue weighted by molar-refractivity contribution is 0.248. The van der Waals surface area contributed by atoms with Crippen LogP contribution in [0.2, 0.25) is 0 Å². The maximum absolute atomic E-state index is 12.1. The van der Waals surface area contributed by atoms with Crippen LogP contribution in [0.3, 0.4) is 0 Å². The van der Waals surface area contributed by atoms with Crippen molar-refractivity contribution >= 4 is 23.5 Å². The maximum atomic E-state index is 12.1. The first-order valence-corrected chi connectivity index (χ1v) is 8.28. The van der Waals surface area contributed by atoms with E-state index in [4.69, 9.17) is 0 Å². The number of anilines is 1. The molecule has 1 aliphatic carbocycles. The molecule has 1 aliphatic rings. The fourth-order valence-electron chi connectivity index (χ4n) is 2.71. The van der Waals surface area contributed by atoms with Crippen LogP contribution >= 0.6 is 11.8 Å². The van der Waals surface area contributed by atoms with Gasteiger partial charge in [0, 0.05) is 10.6 Å². The molecular formula is C17H18N2OS. The van der Waals surface area contributed by atoms with Crippen LogP contribution < -0.4 is 10.6 Å². The summed E-state index contributed by atoms with van der Waals surface area (Å²) in [6, 6.07) is 16.1. The van der Waals surface area contributed by atoms with Gasteiger partial charge in [0.05, 0.1) is 6.04 Å². The topological polar surface area (TPSA) is 41.1 Å². The summed E-state index contributed by atoms with van der Waals surface area (Å²) in [4.78, 5) is 13.3. The third kappa shape index (κ3) is 3.22. The van der Waals surface area contributed by atoms with Crippen LogP contribution in [0.4, 0.5) is 10.5 Å². The first-order chi connectivity index (χ1) is 10.3. The molecule has 3 rings (SSSR count). The average Bonchev–Trinajstić information content (AvgIpc) is 2.91. The average molecular weight is 298 g/mol. The molecule has 108 valence electrons. The number of hydrogen-bond acceptors (Lipinski definition) is 2. The number of nitrogens with one attached hydrogen (secondary N) is 2. The Hall–Kier alpha value is -1.94. The number of urea groups is 1. The van der Waals surface area contributed by atoms with E-state index in [2.05, 4.69) is 28.8 Å². The minimum atomic E-state index is -0.145. The fraction of sp³-hybridized carbons (Fsp3) is 0.235. The summed E-state index contributed by atoms with van der Waals surface area (Å²) < 4.78 is 0. The summed E-state index contributed by atoms with van der Waals surface area (Å²) >= 11 is 1.69. The molecule has 4 heteroatoms. The van der Waals surface area contributed by atoms with E-state index in [9.17, 15) is 4.79 Å². The molecule has 0 radical (unpaired) electrons.